The van der Waals surface area contributed by atoms with E-state index in [1.165, 1.54) is 199 Å². The Hall–Kier alpha value is -0.870. The highest BCUT2D eigenvalue weighted by Crippen LogP contribution is 2.16. The average molecular weight is 678 g/mol. The third-order valence-electron chi connectivity index (χ3n) is 10.3. The molecule has 0 bridgehead atoms. The summed E-state index contributed by atoms with van der Waals surface area (Å²) in [5.74, 6) is -0.0594. The number of hydrogen-bond acceptors (Lipinski definition) is 3. The molecule has 0 rings (SSSR count). The maximum absolute atomic E-state index is 12.4. The lowest BCUT2D eigenvalue weighted by Gasteiger charge is -2.20. The van der Waals surface area contributed by atoms with Crippen molar-refractivity contribution in [2.45, 2.75) is 257 Å². The molecule has 0 fully saturated rings. The van der Waals surface area contributed by atoms with Gasteiger partial charge >= 0.3 is 0 Å². The molecular formula is C44H87NO3. The van der Waals surface area contributed by atoms with Gasteiger partial charge in [0, 0.05) is 6.42 Å². The maximum atomic E-state index is 12.4. The van der Waals surface area contributed by atoms with Crippen LogP contribution in [-0.4, -0.2) is 34.9 Å². The van der Waals surface area contributed by atoms with E-state index in [1.54, 1.807) is 6.08 Å². The van der Waals surface area contributed by atoms with Crippen molar-refractivity contribution in [2.24, 2.45) is 0 Å². The van der Waals surface area contributed by atoms with Crippen molar-refractivity contribution < 1.29 is 15.0 Å². The number of rotatable bonds is 40. The Kier molecular flexibility index (Phi) is 39.8. The normalized spacial score (nSPS) is 13.0. The minimum absolute atomic E-state index is 0.0594. The van der Waals surface area contributed by atoms with Gasteiger partial charge in [-0.1, -0.05) is 231 Å². The molecule has 0 heterocycles. The van der Waals surface area contributed by atoms with Gasteiger partial charge < -0.3 is 15.5 Å². The molecule has 4 heteroatoms. The molecule has 0 spiro atoms. The van der Waals surface area contributed by atoms with Crippen molar-refractivity contribution >= 4 is 5.91 Å². The first kappa shape index (κ1) is 47.1. The molecule has 48 heavy (non-hydrogen) atoms. The third kappa shape index (κ3) is 36.4. The number of aliphatic hydroxyl groups excluding tert-OH is 2. The minimum Gasteiger partial charge on any atom is -0.394 e. The predicted molar refractivity (Wildman–Crippen MR) is 212 cm³/mol. The number of carbonyl (C=O) groups is 1. The fourth-order valence-corrected chi connectivity index (χ4v) is 6.89. The average Bonchev–Trinajstić information content (AvgIpc) is 3.09. The lowest BCUT2D eigenvalue weighted by atomic mass is 10.0. The first-order valence-corrected chi connectivity index (χ1v) is 21.9. The lowest BCUT2D eigenvalue weighted by Crippen LogP contribution is -2.45. The zero-order valence-corrected chi connectivity index (χ0v) is 32.8. The van der Waals surface area contributed by atoms with Crippen molar-refractivity contribution in [3.8, 4) is 0 Å². The number of unbranched alkanes of at least 4 members (excludes halogenated alkanes) is 33. The van der Waals surface area contributed by atoms with Gasteiger partial charge in [-0.05, 0) is 19.3 Å². The fourth-order valence-electron chi connectivity index (χ4n) is 6.89. The van der Waals surface area contributed by atoms with Crippen LogP contribution in [0.3, 0.4) is 0 Å². The lowest BCUT2D eigenvalue weighted by molar-refractivity contribution is -0.123. The number of amides is 1. The van der Waals surface area contributed by atoms with E-state index >= 15 is 0 Å². The first-order chi connectivity index (χ1) is 23.7. The van der Waals surface area contributed by atoms with Crippen LogP contribution in [0, 0.1) is 0 Å². The monoisotopic (exact) mass is 678 g/mol. The summed E-state index contributed by atoms with van der Waals surface area (Å²) in [7, 11) is 0. The summed E-state index contributed by atoms with van der Waals surface area (Å²) in [5, 5.41) is 23.0. The van der Waals surface area contributed by atoms with E-state index in [-0.39, 0.29) is 12.5 Å². The summed E-state index contributed by atoms with van der Waals surface area (Å²) in [6, 6.07) is -0.615. The summed E-state index contributed by atoms with van der Waals surface area (Å²) in [6.45, 7) is 4.33. The number of aliphatic hydroxyl groups is 2. The first-order valence-electron chi connectivity index (χ1n) is 21.9. The maximum Gasteiger partial charge on any atom is 0.220 e. The Bertz CT molecular complexity index is 651. The molecule has 0 aromatic rings. The zero-order chi connectivity index (χ0) is 35.0. The second-order valence-corrected chi connectivity index (χ2v) is 15.1. The molecule has 0 aromatic carbocycles. The van der Waals surface area contributed by atoms with Crippen molar-refractivity contribution in [3.63, 3.8) is 0 Å². The van der Waals surface area contributed by atoms with Crippen LogP contribution in [0.4, 0.5) is 0 Å². The molecule has 0 aliphatic rings. The highest BCUT2D eigenvalue weighted by Gasteiger charge is 2.17. The van der Waals surface area contributed by atoms with Crippen LogP contribution in [0.2, 0.25) is 0 Å². The minimum atomic E-state index is -0.833. The van der Waals surface area contributed by atoms with Crippen LogP contribution in [0.5, 0.6) is 0 Å². The Morgan fingerprint density at radius 2 is 0.771 bits per heavy atom. The van der Waals surface area contributed by atoms with Gasteiger partial charge in [-0.3, -0.25) is 4.79 Å². The molecule has 0 aromatic heterocycles. The Morgan fingerprint density at radius 3 is 1.08 bits per heavy atom. The van der Waals surface area contributed by atoms with E-state index in [1.807, 2.05) is 6.08 Å². The van der Waals surface area contributed by atoms with E-state index in [2.05, 4.69) is 19.2 Å². The quantitative estimate of drug-likeness (QED) is 0.0446. The zero-order valence-electron chi connectivity index (χ0n) is 32.8. The summed E-state index contributed by atoms with van der Waals surface area (Å²) in [5.41, 5.74) is 0. The smallest absolute Gasteiger partial charge is 0.220 e. The molecule has 2 atom stereocenters. The van der Waals surface area contributed by atoms with Crippen molar-refractivity contribution in [2.75, 3.05) is 6.61 Å². The van der Waals surface area contributed by atoms with Gasteiger partial charge in [-0.2, -0.15) is 0 Å². The molecule has 0 aliphatic heterocycles. The number of hydrogen-bond donors (Lipinski definition) is 3. The second-order valence-electron chi connectivity index (χ2n) is 15.1. The molecule has 0 saturated carbocycles. The van der Waals surface area contributed by atoms with Crippen LogP contribution >= 0.6 is 0 Å². The SMILES string of the molecule is CCCCCCCCCCCCCCC/C=C/[C@@H](O)[C@H](CO)NC(=O)CCCCCCCCCCCCCCCCCCCCCCC. The molecule has 3 N–H and O–H groups in total. The largest absolute Gasteiger partial charge is 0.394 e. The Labute approximate surface area is 301 Å². The Morgan fingerprint density at radius 1 is 0.479 bits per heavy atom. The summed E-state index contributed by atoms with van der Waals surface area (Å²) < 4.78 is 0. The predicted octanol–water partition coefficient (Wildman–Crippen LogP) is 13.5. The molecule has 0 saturated heterocycles. The molecule has 4 nitrogen and oxygen atoms in total. The summed E-state index contributed by atoms with van der Waals surface area (Å²) in [6.07, 6.45) is 50.3. The van der Waals surface area contributed by atoms with Gasteiger partial charge in [-0.15, -0.1) is 0 Å². The number of allylic oxidation sites excluding steroid dienone is 1. The van der Waals surface area contributed by atoms with Crippen LogP contribution in [0.25, 0.3) is 0 Å². The van der Waals surface area contributed by atoms with E-state index in [0.717, 1.165) is 25.7 Å². The molecule has 286 valence electrons. The van der Waals surface area contributed by atoms with E-state index in [9.17, 15) is 15.0 Å². The van der Waals surface area contributed by atoms with E-state index in [4.69, 9.17) is 0 Å². The molecule has 0 radical (unpaired) electrons. The highest BCUT2D eigenvalue weighted by atomic mass is 16.3. The number of nitrogens with one attached hydrogen (secondary N) is 1. The topological polar surface area (TPSA) is 69.6 Å². The highest BCUT2D eigenvalue weighted by molar-refractivity contribution is 5.76. The van der Waals surface area contributed by atoms with Crippen molar-refractivity contribution in [3.05, 3.63) is 12.2 Å². The summed E-state index contributed by atoms with van der Waals surface area (Å²) >= 11 is 0. The fraction of sp³-hybridized carbons (Fsp3) is 0.932. The van der Waals surface area contributed by atoms with Gasteiger partial charge in [0.05, 0.1) is 18.8 Å². The van der Waals surface area contributed by atoms with Gasteiger partial charge in [0.15, 0.2) is 0 Å². The van der Waals surface area contributed by atoms with Crippen molar-refractivity contribution in [1.82, 2.24) is 5.32 Å². The van der Waals surface area contributed by atoms with Crippen LogP contribution in [0.15, 0.2) is 12.2 Å². The molecular weight excluding hydrogens is 590 g/mol. The van der Waals surface area contributed by atoms with E-state index in [0.29, 0.717) is 6.42 Å². The van der Waals surface area contributed by atoms with Crippen molar-refractivity contribution in [1.29, 1.82) is 0 Å². The van der Waals surface area contributed by atoms with E-state index < -0.39 is 12.1 Å². The van der Waals surface area contributed by atoms with Crippen LogP contribution < -0.4 is 5.32 Å². The molecule has 0 unspecified atom stereocenters. The van der Waals surface area contributed by atoms with Gasteiger partial charge in [0.25, 0.3) is 0 Å². The second kappa shape index (κ2) is 40.6. The third-order valence-corrected chi connectivity index (χ3v) is 10.3. The van der Waals surface area contributed by atoms with Crippen LogP contribution in [-0.2, 0) is 4.79 Å². The van der Waals surface area contributed by atoms with Crippen LogP contribution in [0.1, 0.15) is 245 Å². The summed E-state index contributed by atoms with van der Waals surface area (Å²) in [4.78, 5) is 12.4. The number of carbonyl (C=O) groups excluding carboxylic acids is 1. The van der Waals surface area contributed by atoms with Gasteiger partial charge in [-0.25, -0.2) is 0 Å². The molecule has 0 aliphatic carbocycles. The molecule has 1 amide bonds. The standard InChI is InChI=1S/C44H87NO3/c1-3-5-7-9-11-13-15-17-19-20-21-22-23-24-26-28-30-32-34-36-38-40-44(48)45-42(41-46)43(47)39-37-35-33-31-29-27-25-18-16-14-12-10-8-6-4-2/h37,39,42-43,46-47H,3-36,38,40-41H2,1-2H3,(H,45,48)/b39-37+/t42-,43+/m0/s1. The Balaban J connectivity index is 3.51. The van der Waals surface area contributed by atoms with Gasteiger partial charge in [0.2, 0.25) is 5.91 Å². The van der Waals surface area contributed by atoms with Gasteiger partial charge in [0.1, 0.15) is 0 Å².